The second-order valence-corrected chi connectivity index (χ2v) is 6.23. The maximum Gasteiger partial charge on any atom is 0.0925 e. The summed E-state index contributed by atoms with van der Waals surface area (Å²) in [5, 5.41) is 8.50. The van der Waals surface area contributed by atoms with E-state index in [0.717, 1.165) is 11.4 Å². The van der Waals surface area contributed by atoms with Gasteiger partial charge in [0.05, 0.1) is 24.3 Å². The lowest BCUT2D eigenvalue weighted by Crippen LogP contribution is -2.09. The molecule has 1 aromatic carbocycles. The molecule has 0 amide bonds. The predicted octanol–water partition coefficient (Wildman–Crippen LogP) is 4.24. The van der Waals surface area contributed by atoms with E-state index in [2.05, 4.69) is 29.4 Å². The van der Waals surface area contributed by atoms with Crippen molar-refractivity contribution < 1.29 is 4.39 Å². The van der Waals surface area contributed by atoms with Gasteiger partial charge in [-0.05, 0) is 42.4 Å². The second-order valence-electron chi connectivity index (χ2n) is 6.23. The van der Waals surface area contributed by atoms with Gasteiger partial charge in [-0.1, -0.05) is 37.6 Å². The SMILES string of the molecule is CC(CF)[C@H](C)c1ccc(-n2cc(C3CCC3)nn2)cc1. The van der Waals surface area contributed by atoms with E-state index in [4.69, 9.17) is 0 Å². The zero-order chi connectivity index (χ0) is 14.8. The van der Waals surface area contributed by atoms with E-state index >= 15 is 0 Å². The first kappa shape index (κ1) is 14.2. The fourth-order valence-electron chi connectivity index (χ4n) is 2.69. The molecule has 1 unspecified atom stereocenters. The Morgan fingerprint density at radius 1 is 1.24 bits per heavy atom. The molecule has 0 saturated heterocycles. The Bertz CT molecular complexity index is 586. The van der Waals surface area contributed by atoms with Crippen molar-refractivity contribution in [2.75, 3.05) is 6.67 Å². The summed E-state index contributed by atoms with van der Waals surface area (Å²) in [6.45, 7) is 3.74. The Balaban J connectivity index is 1.75. The summed E-state index contributed by atoms with van der Waals surface area (Å²) in [5.74, 6) is 0.876. The summed E-state index contributed by atoms with van der Waals surface area (Å²) in [4.78, 5) is 0. The number of hydrogen-bond donors (Lipinski definition) is 0. The zero-order valence-corrected chi connectivity index (χ0v) is 12.7. The van der Waals surface area contributed by atoms with Crippen LogP contribution in [0.15, 0.2) is 30.5 Å². The van der Waals surface area contributed by atoms with Crippen molar-refractivity contribution in [3.05, 3.63) is 41.7 Å². The van der Waals surface area contributed by atoms with E-state index in [1.54, 1.807) is 0 Å². The molecule has 4 heteroatoms. The van der Waals surface area contributed by atoms with Crippen LogP contribution in [0, 0.1) is 5.92 Å². The molecular weight excluding hydrogens is 265 g/mol. The van der Waals surface area contributed by atoms with Gasteiger partial charge < -0.3 is 0 Å². The average Bonchev–Trinajstić information content (AvgIpc) is 2.93. The van der Waals surface area contributed by atoms with Crippen LogP contribution in [-0.2, 0) is 0 Å². The van der Waals surface area contributed by atoms with Gasteiger partial charge in [0.2, 0.25) is 0 Å². The van der Waals surface area contributed by atoms with E-state index in [9.17, 15) is 4.39 Å². The molecule has 1 aliphatic carbocycles. The molecule has 21 heavy (non-hydrogen) atoms. The van der Waals surface area contributed by atoms with Gasteiger partial charge >= 0.3 is 0 Å². The van der Waals surface area contributed by atoms with Crippen LogP contribution in [0.2, 0.25) is 0 Å². The molecule has 0 bridgehead atoms. The quantitative estimate of drug-likeness (QED) is 0.823. The van der Waals surface area contributed by atoms with Crippen molar-refractivity contribution in [3.8, 4) is 5.69 Å². The van der Waals surface area contributed by atoms with Gasteiger partial charge in [-0.15, -0.1) is 5.10 Å². The van der Waals surface area contributed by atoms with Crippen LogP contribution in [0.3, 0.4) is 0 Å². The van der Waals surface area contributed by atoms with Crippen LogP contribution in [0.4, 0.5) is 4.39 Å². The second kappa shape index (κ2) is 5.96. The standard InChI is InChI=1S/C17H22FN3/c1-12(10-18)13(2)14-6-8-16(9-7-14)21-11-17(19-20-21)15-4-3-5-15/h6-9,11-13,15H,3-5,10H2,1-2H3/t12?,13-/m0/s1. The molecule has 1 heterocycles. The van der Waals surface area contributed by atoms with Gasteiger partial charge in [0.15, 0.2) is 0 Å². The third-order valence-electron chi connectivity index (χ3n) is 4.81. The van der Waals surface area contributed by atoms with Crippen molar-refractivity contribution in [1.82, 2.24) is 15.0 Å². The molecule has 3 nitrogen and oxygen atoms in total. The molecule has 2 aromatic rings. The number of halogens is 1. The Hall–Kier alpha value is -1.71. The highest BCUT2D eigenvalue weighted by Gasteiger charge is 2.22. The molecule has 3 rings (SSSR count). The number of rotatable bonds is 5. The molecule has 1 aliphatic rings. The molecule has 1 fully saturated rings. The van der Waals surface area contributed by atoms with Gasteiger partial charge in [0.25, 0.3) is 0 Å². The van der Waals surface area contributed by atoms with E-state index in [-0.39, 0.29) is 18.5 Å². The number of hydrogen-bond acceptors (Lipinski definition) is 2. The molecule has 0 radical (unpaired) electrons. The summed E-state index contributed by atoms with van der Waals surface area (Å²) in [7, 11) is 0. The topological polar surface area (TPSA) is 30.7 Å². The highest BCUT2D eigenvalue weighted by Crippen LogP contribution is 2.35. The van der Waals surface area contributed by atoms with Crippen molar-refractivity contribution in [1.29, 1.82) is 0 Å². The first-order valence-electron chi connectivity index (χ1n) is 7.77. The van der Waals surface area contributed by atoms with Crippen LogP contribution in [-0.4, -0.2) is 21.7 Å². The third kappa shape index (κ3) is 2.85. The number of nitrogens with zero attached hydrogens (tertiary/aromatic N) is 3. The van der Waals surface area contributed by atoms with Crippen molar-refractivity contribution in [3.63, 3.8) is 0 Å². The third-order valence-corrected chi connectivity index (χ3v) is 4.81. The lowest BCUT2D eigenvalue weighted by Gasteiger charge is -2.22. The molecule has 0 N–H and O–H groups in total. The molecule has 1 aromatic heterocycles. The highest BCUT2D eigenvalue weighted by molar-refractivity contribution is 5.35. The number of aromatic nitrogens is 3. The minimum absolute atomic E-state index is 0.0486. The first-order valence-corrected chi connectivity index (χ1v) is 7.77. The smallest absolute Gasteiger partial charge is 0.0925 e. The van der Waals surface area contributed by atoms with Crippen molar-refractivity contribution in [2.24, 2.45) is 5.92 Å². The average molecular weight is 287 g/mol. The molecule has 112 valence electrons. The minimum Gasteiger partial charge on any atom is -0.251 e. The molecule has 1 saturated carbocycles. The Kier molecular flexibility index (Phi) is 4.04. The van der Waals surface area contributed by atoms with Gasteiger partial charge in [-0.2, -0.15) is 0 Å². The van der Waals surface area contributed by atoms with Gasteiger partial charge in [-0.25, -0.2) is 4.68 Å². The van der Waals surface area contributed by atoms with Crippen LogP contribution >= 0.6 is 0 Å². The van der Waals surface area contributed by atoms with Crippen molar-refractivity contribution in [2.45, 2.75) is 44.9 Å². The van der Waals surface area contributed by atoms with Gasteiger partial charge in [0.1, 0.15) is 0 Å². The van der Waals surface area contributed by atoms with E-state index in [0.29, 0.717) is 5.92 Å². The molecular formula is C17H22FN3. The van der Waals surface area contributed by atoms with E-state index in [1.165, 1.54) is 24.8 Å². The zero-order valence-electron chi connectivity index (χ0n) is 12.7. The Morgan fingerprint density at radius 2 is 1.95 bits per heavy atom. The molecule has 2 atom stereocenters. The monoisotopic (exact) mass is 287 g/mol. The number of alkyl halides is 1. The van der Waals surface area contributed by atoms with Crippen LogP contribution in [0.1, 0.15) is 56.2 Å². The van der Waals surface area contributed by atoms with Crippen molar-refractivity contribution >= 4 is 0 Å². The summed E-state index contributed by atoms with van der Waals surface area (Å²) in [6.07, 6.45) is 5.80. The number of benzene rings is 1. The lowest BCUT2D eigenvalue weighted by atomic mass is 9.83. The first-order chi connectivity index (χ1) is 10.2. The molecule has 0 aliphatic heterocycles. The fourth-order valence-corrected chi connectivity index (χ4v) is 2.69. The summed E-state index contributed by atoms with van der Waals surface area (Å²) >= 11 is 0. The largest absolute Gasteiger partial charge is 0.251 e. The summed E-state index contributed by atoms with van der Waals surface area (Å²) < 4.78 is 14.6. The van der Waals surface area contributed by atoms with Gasteiger partial charge in [-0.3, -0.25) is 4.39 Å². The maximum atomic E-state index is 12.8. The van der Waals surface area contributed by atoms with Crippen LogP contribution < -0.4 is 0 Å². The van der Waals surface area contributed by atoms with Crippen LogP contribution in [0.25, 0.3) is 5.69 Å². The van der Waals surface area contributed by atoms with E-state index in [1.807, 2.05) is 29.9 Å². The minimum atomic E-state index is -0.281. The predicted molar refractivity (Wildman–Crippen MR) is 81.5 cm³/mol. The Labute approximate surface area is 125 Å². The normalized spacial score (nSPS) is 18.2. The fraction of sp³-hybridized carbons (Fsp3) is 0.529. The van der Waals surface area contributed by atoms with Gasteiger partial charge in [0, 0.05) is 5.92 Å². The molecule has 0 spiro atoms. The summed E-state index contributed by atoms with van der Waals surface area (Å²) in [5.41, 5.74) is 3.28. The maximum absolute atomic E-state index is 12.8. The Morgan fingerprint density at radius 3 is 2.52 bits per heavy atom. The lowest BCUT2D eigenvalue weighted by molar-refractivity contribution is 0.346. The highest BCUT2D eigenvalue weighted by atomic mass is 19.1. The van der Waals surface area contributed by atoms with E-state index < -0.39 is 0 Å². The van der Waals surface area contributed by atoms with Crippen LogP contribution in [0.5, 0.6) is 0 Å². The summed E-state index contributed by atoms with van der Waals surface area (Å²) in [6, 6.07) is 8.21.